The third-order valence-electron chi connectivity index (χ3n) is 6.37. The number of hydroxylamine groups is 2. The number of hydrogen-bond acceptors (Lipinski definition) is 3. The molecule has 0 saturated heterocycles. The summed E-state index contributed by atoms with van der Waals surface area (Å²) in [6.07, 6.45) is -8.80. The van der Waals surface area contributed by atoms with E-state index in [1.54, 1.807) is 18.2 Å². The number of aromatic nitrogens is 1. The molecule has 2 aromatic carbocycles. The molecule has 3 aromatic rings. The van der Waals surface area contributed by atoms with Gasteiger partial charge in [-0.15, -0.1) is 0 Å². The van der Waals surface area contributed by atoms with Crippen LogP contribution in [0.2, 0.25) is 0 Å². The van der Waals surface area contributed by atoms with Crippen LogP contribution in [0, 0.1) is 12.1 Å². The van der Waals surface area contributed by atoms with Crippen molar-refractivity contribution in [2.75, 3.05) is 26.0 Å². The molecule has 0 saturated carbocycles. The number of aryl methyl sites for hydroxylation is 1. The van der Waals surface area contributed by atoms with Gasteiger partial charge in [0.1, 0.15) is 0 Å². The minimum Gasteiger partial charge on any atom is -0.627 e. The Bertz CT molecular complexity index is 1330. The Morgan fingerprint density at radius 3 is 1.84 bits per heavy atom. The molecule has 0 atom stereocenters. The van der Waals surface area contributed by atoms with Crippen LogP contribution in [0.25, 0.3) is 11.1 Å². The van der Waals surface area contributed by atoms with Gasteiger partial charge in [-0.3, -0.25) is 4.79 Å². The van der Waals surface area contributed by atoms with E-state index in [0.717, 1.165) is 10.5 Å². The molecule has 0 aliphatic carbocycles. The van der Waals surface area contributed by atoms with Crippen molar-refractivity contribution in [1.82, 2.24) is 9.63 Å². The van der Waals surface area contributed by atoms with Gasteiger partial charge in [0.05, 0.1) is 42.5 Å². The van der Waals surface area contributed by atoms with Crippen LogP contribution in [0.1, 0.15) is 36.1 Å². The lowest BCUT2D eigenvalue weighted by Gasteiger charge is -2.34. The van der Waals surface area contributed by atoms with Crippen molar-refractivity contribution < 1.29 is 31.1 Å². The smallest absolute Gasteiger partial charge is 0.416 e. The van der Waals surface area contributed by atoms with Crippen LogP contribution in [0.3, 0.4) is 0 Å². The summed E-state index contributed by atoms with van der Waals surface area (Å²) in [6, 6.07) is 9.82. The standard InChI is InChI=1S/C27H27F6N3O2/c1-16-9-7-8-10-20(16)21-14-23(36(5,6)38)34-15-22(21)35(4)24(37)25(2,3)17-11-18(26(28,29)30)13-19(12-17)27(31,32)33/h7-15H,1-6H3. The van der Waals surface area contributed by atoms with E-state index in [1.807, 2.05) is 13.0 Å². The van der Waals surface area contributed by atoms with E-state index in [-0.39, 0.29) is 17.6 Å². The zero-order chi connectivity index (χ0) is 28.8. The minimum atomic E-state index is -5.05. The van der Waals surface area contributed by atoms with Gasteiger partial charge in [0.25, 0.3) is 0 Å². The highest BCUT2D eigenvalue weighted by Gasteiger charge is 2.41. The average molecular weight is 540 g/mol. The number of pyridine rings is 1. The number of likely N-dealkylation sites (N-methyl/N-ethyl adjacent to an activating group) is 1. The van der Waals surface area contributed by atoms with Crippen LogP contribution in [-0.2, 0) is 22.6 Å². The monoisotopic (exact) mass is 539 g/mol. The molecule has 0 bridgehead atoms. The zero-order valence-corrected chi connectivity index (χ0v) is 21.6. The summed E-state index contributed by atoms with van der Waals surface area (Å²) in [6.45, 7) is 4.34. The number of quaternary nitrogens is 1. The Hall–Kier alpha value is -3.44. The molecule has 1 aromatic heterocycles. The maximum Gasteiger partial charge on any atom is 0.416 e. The molecule has 0 spiro atoms. The second kappa shape index (κ2) is 9.70. The van der Waals surface area contributed by atoms with Crippen LogP contribution in [0.5, 0.6) is 0 Å². The van der Waals surface area contributed by atoms with Crippen LogP contribution < -0.4 is 9.55 Å². The van der Waals surface area contributed by atoms with Gasteiger partial charge in [0, 0.05) is 18.7 Å². The van der Waals surface area contributed by atoms with Gasteiger partial charge in [-0.05, 0) is 55.7 Å². The Labute approximate surface area is 216 Å². The molecule has 5 nitrogen and oxygen atoms in total. The normalized spacial score (nSPS) is 13.0. The van der Waals surface area contributed by atoms with Crippen molar-refractivity contribution in [3.63, 3.8) is 0 Å². The number of anilines is 1. The number of halogens is 6. The first-order valence-electron chi connectivity index (χ1n) is 11.4. The van der Waals surface area contributed by atoms with E-state index in [2.05, 4.69) is 4.98 Å². The van der Waals surface area contributed by atoms with Crippen molar-refractivity contribution in [2.45, 2.75) is 38.5 Å². The summed E-state index contributed by atoms with van der Waals surface area (Å²) >= 11 is 0. The summed E-state index contributed by atoms with van der Waals surface area (Å²) in [5.74, 6) is -0.634. The largest absolute Gasteiger partial charge is 0.627 e. The molecular weight excluding hydrogens is 512 g/mol. The zero-order valence-electron chi connectivity index (χ0n) is 21.6. The number of carbonyl (C=O) groups excluding carboxylic acids is 1. The van der Waals surface area contributed by atoms with Crippen LogP contribution in [-0.4, -0.2) is 32.0 Å². The summed E-state index contributed by atoms with van der Waals surface area (Å²) in [5, 5.41) is 12.6. The Morgan fingerprint density at radius 1 is 0.868 bits per heavy atom. The lowest BCUT2D eigenvalue weighted by atomic mass is 9.81. The predicted molar refractivity (Wildman–Crippen MR) is 134 cm³/mol. The first-order valence-corrected chi connectivity index (χ1v) is 11.4. The van der Waals surface area contributed by atoms with E-state index < -0.39 is 45.0 Å². The molecule has 0 N–H and O–H groups in total. The van der Waals surface area contributed by atoms with E-state index >= 15 is 0 Å². The highest BCUT2D eigenvalue weighted by atomic mass is 19.4. The van der Waals surface area contributed by atoms with Gasteiger partial charge in [0.2, 0.25) is 11.7 Å². The van der Waals surface area contributed by atoms with Crippen molar-refractivity contribution in [3.8, 4) is 11.1 Å². The lowest BCUT2D eigenvalue weighted by molar-refractivity contribution is -0.143. The first kappa shape index (κ1) is 29.1. The third kappa shape index (κ3) is 5.83. The molecule has 38 heavy (non-hydrogen) atoms. The summed E-state index contributed by atoms with van der Waals surface area (Å²) in [7, 11) is 4.10. The van der Waals surface area contributed by atoms with Gasteiger partial charge >= 0.3 is 12.4 Å². The second-order valence-electron chi connectivity index (χ2n) is 10.0. The maximum absolute atomic E-state index is 13.7. The highest BCUT2D eigenvalue weighted by molar-refractivity contribution is 6.03. The number of alkyl halides is 6. The third-order valence-corrected chi connectivity index (χ3v) is 6.37. The number of nitrogens with zero attached hydrogens (tertiary/aromatic N) is 3. The van der Waals surface area contributed by atoms with Gasteiger partial charge in [-0.2, -0.15) is 26.3 Å². The Kier molecular flexibility index (Phi) is 7.43. The van der Waals surface area contributed by atoms with Crippen molar-refractivity contribution in [2.24, 2.45) is 0 Å². The SMILES string of the molecule is Cc1ccccc1-c1cc([N+](C)(C)[O-])ncc1N(C)C(=O)C(C)(C)c1cc(C(F)(F)F)cc(C(F)(F)F)c1. The number of rotatable bonds is 5. The van der Waals surface area contributed by atoms with Gasteiger partial charge in [-0.1, -0.05) is 24.3 Å². The minimum absolute atomic E-state index is 0.0234. The molecule has 0 radical (unpaired) electrons. The van der Waals surface area contributed by atoms with Crippen LogP contribution in [0.15, 0.2) is 54.7 Å². The topological polar surface area (TPSA) is 56.3 Å². The van der Waals surface area contributed by atoms with Gasteiger partial charge < -0.3 is 14.8 Å². The van der Waals surface area contributed by atoms with Crippen molar-refractivity contribution in [1.29, 1.82) is 0 Å². The Balaban J connectivity index is 2.18. The molecule has 1 amide bonds. The predicted octanol–water partition coefficient (Wildman–Crippen LogP) is 7.10. The molecule has 0 aliphatic heterocycles. The summed E-state index contributed by atoms with van der Waals surface area (Å²) in [5.41, 5.74) is -3.08. The molecule has 1 heterocycles. The number of carbonyl (C=O) groups is 1. The van der Waals surface area contributed by atoms with E-state index in [1.165, 1.54) is 47.3 Å². The van der Waals surface area contributed by atoms with Crippen molar-refractivity contribution >= 4 is 17.4 Å². The average Bonchev–Trinajstić information content (AvgIpc) is 2.81. The fourth-order valence-corrected chi connectivity index (χ4v) is 4.06. The van der Waals surface area contributed by atoms with Gasteiger partial charge in [-0.25, -0.2) is 4.98 Å². The highest BCUT2D eigenvalue weighted by Crippen LogP contribution is 2.41. The van der Waals surface area contributed by atoms with E-state index in [9.17, 15) is 36.3 Å². The first-order chi connectivity index (χ1) is 17.2. The molecule has 204 valence electrons. The summed E-state index contributed by atoms with van der Waals surface area (Å²) < 4.78 is 79.9. The number of hydrogen-bond donors (Lipinski definition) is 0. The fourth-order valence-electron chi connectivity index (χ4n) is 4.06. The summed E-state index contributed by atoms with van der Waals surface area (Å²) in [4.78, 5) is 19.0. The lowest BCUT2D eigenvalue weighted by Crippen LogP contribution is -2.42. The molecule has 11 heteroatoms. The number of amides is 1. The second-order valence-corrected chi connectivity index (χ2v) is 10.0. The van der Waals surface area contributed by atoms with Gasteiger partial charge in [0.15, 0.2) is 0 Å². The molecule has 0 aliphatic rings. The van der Waals surface area contributed by atoms with Crippen LogP contribution >= 0.6 is 0 Å². The molecule has 3 rings (SSSR count). The number of benzene rings is 2. The molecular formula is C27H27F6N3O2. The van der Waals surface area contributed by atoms with Crippen LogP contribution in [0.4, 0.5) is 37.8 Å². The van der Waals surface area contributed by atoms with E-state index in [4.69, 9.17) is 0 Å². The molecule has 0 fully saturated rings. The van der Waals surface area contributed by atoms with Crippen molar-refractivity contribution in [3.05, 3.63) is 82.2 Å². The maximum atomic E-state index is 13.7. The Morgan fingerprint density at radius 2 is 1.37 bits per heavy atom. The fraction of sp³-hybridized carbons (Fsp3) is 0.333. The van der Waals surface area contributed by atoms with E-state index in [0.29, 0.717) is 23.3 Å². The quantitative estimate of drug-likeness (QED) is 0.197. The molecule has 0 unspecified atom stereocenters.